The number of benzene rings is 9. The van der Waals surface area contributed by atoms with E-state index in [1.807, 2.05) is 48.5 Å². The molecule has 63 heavy (non-hydrogen) atoms. The Morgan fingerprint density at radius 3 is 1.41 bits per heavy atom. The number of furan rings is 2. The Balaban J connectivity index is 1.12. The first-order valence-corrected chi connectivity index (χ1v) is 21.3. The Bertz CT molecular complexity index is 3640. The number of fused-ring (bicyclic) bond motifs is 9. The molecule has 0 saturated carbocycles. The van der Waals surface area contributed by atoms with Gasteiger partial charge in [0.25, 0.3) is 0 Å². The van der Waals surface area contributed by atoms with Crippen LogP contribution in [0.3, 0.4) is 0 Å². The Kier molecular flexibility index (Phi) is 7.75. The summed E-state index contributed by atoms with van der Waals surface area (Å²) in [6.45, 7) is 0. The number of hydrogen-bond acceptors (Lipinski definition) is 5. The van der Waals surface area contributed by atoms with E-state index >= 15 is 0 Å². The second-order valence-electron chi connectivity index (χ2n) is 16.2. The smallest absolute Gasteiger partial charge is 0.164 e. The summed E-state index contributed by atoms with van der Waals surface area (Å²) in [7, 11) is 0. The molecule has 0 N–H and O–H groups in total. The van der Waals surface area contributed by atoms with Crippen molar-refractivity contribution in [2.24, 2.45) is 0 Å². The minimum Gasteiger partial charge on any atom is -0.456 e. The average molecular weight is 806 g/mol. The van der Waals surface area contributed by atoms with Crippen LogP contribution in [-0.4, -0.2) is 15.0 Å². The van der Waals surface area contributed by atoms with Crippen LogP contribution < -0.4 is 0 Å². The van der Waals surface area contributed by atoms with Gasteiger partial charge in [-0.05, 0) is 80.9 Å². The molecule has 0 aliphatic heterocycles. The lowest BCUT2D eigenvalue weighted by Gasteiger charge is -2.34. The summed E-state index contributed by atoms with van der Waals surface area (Å²) in [4.78, 5) is 16.0. The number of rotatable bonds is 6. The van der Waals surface area contributed by atoms with E-state index in [0.29, 0.717) is 17.5 Å². The Morgan fingerprint density at radius 2 is 0.762 bits per heavy atom. The van der Waals surface area contributed by atoms with Gasteiger partial charge in [-0.1, -0.05) is 176 Å². The van der Waals surface area contributed by atoms with Crippen molar-refractivity contribution >= 4 is 43.9 Å². The maximum Gasteiger partial charge on any atom is 0.164 e. The molecule has 1 aliphatic rings. The Labute approximate surface area is 362 Å². The molecule has 12 aromatic rings. The molecular weight excluding hydrogens is 771 g/mol. The largest absolute Gasteiger partial charge is 0.456 e. The number of nitrogens with zero attached hydrogens (tertiary/aromatic N) is 3. The maximum atomic E-state index is 6.42. The lowest BCUT2D eigenvalue weighted by Crippen LogP contribution is -2.28. The van der Waals surface area contributed by atoms with Gasteiger partial charge in [0.1, 0.15) is 22.3 Å². The molecule has 5 heteroatoms. The molecule has 0 fully saturated rings. The van der Waals surface area contributed by atoms with Crippen molar-refractivity contribution < 1.29 is 8.83 Å². The lowest BCUT2D eigenvalue weighted by molar-refractivity contribution is 0.667. The van der Waals surface area contributed by atoms with E-state index in [1.54, 1.807) is 0 Å². The minimum atomic E-state index is -0.751. The predicted molar refractivity (Wildman–Crippen MR) is 253 cm³/mol. The van der Waals surface area contributed by atoms with Gasteiger partial charge >= 0.3 is 0 Å². The van der Waals surface area contributed by atoms with Gasteiger partial charge in [-0.3, -0.25) is 0 Å². The number of para-hydroxylation sites is 2. The van der Waals surface area contributed by atoms with Crippen LogP contribution in [0.1, 0.15) is 22.3 Å². The summed E-state index contributed by atoms with van der Waals surface area (Å²) in [6, 6.07) is 74.5. The van der Waals surface area contributed by atoms with E-state index in [0.717, 1.165) is 99.5 Å². The first-order valence-electron chi connectivity index (χ1n) is 21.3. The van der Waals surface area contributed by atoms with Gasteiger partial charge in [0.15, 0.2) is 17.5 Å². The van der Waals surface area contributed by atoms with E-state index in [2.05, 4.69) is 164 Å². The highest BCUT2D eigenvalue weighted by Gasteiger charge is 2.47. The molecule has 0 bridgehead atoms. The molecule has 0 amide bonds. The van der Waals surface area contributed by atoms with Crippen LogP contribution in [0.4, 0.5) is 0 Å². The summed E-state index contributed by atoms with van der Waals surface area (Å²) < 4.78 is 12.8. The van der Waals surface area contributed by atoms with Gasteiger partial charge in [0, 0.05) is 38.2 Å². The first-order chi connectivity index (χ1) is 31.2. The van der Waals surface area contributed by atoms with Crippen molar-refractivity contribution in [2.75, 3.05) is 0 Å². The highest BCUT2D eigenvalue weighted by Crippen LogP contribution is 2.59. The molecule has 5 nitrogen and oxygen atoms in total. The van der Waals surface area contributed by atoms with Crippen LogP contribution in [0.25, 0.3) is 100 Å². The van der Waals surface area contributed by atoms with Crippen molar-refractivity contribution in [2.45, 2.75) is 5.41 Å². The van der Waals surface area contributed by atoms with E-state index in [4.69, 9.17) is 23.8 Å². The normalized spacial score (nSPS) is 12.9. The van der Waals surface area contributed by atoms with Crippen molar-refractivity contribution in [1.29, 1.82) is 0 Å². The quantitative estimate of drug-likeness (QED) is 0.167. The molecule has 13 rings (SSSR count). The summed E-state index contributed by atoms with van der Waals surface area (Å²) in [5, 5.41) is 4.32. The average Bonchev–Trinajstić information content (AvgIpc) is 4.02. The van der Waals surface area contributed by atoms with Crippen LogP contribution in [0, 0.1) is 0 Å². The summed E-state index contributed by atoms with van der Waals surface area (Å²) in [6.07, 6.45) is 0. The summed E-state index contributed by atoms with van der Waals surface area (Å²) in [5.74, 6) is 1.84. The second kappa shape index (κ2) is 13.8. The summed E-state index contributed by atoms with van der Waals surface area (Å²) >= 11 is 0. The summed E-state index contributed by atoms with van der Waals surface area (Å²) in [5.41, 5.74) is 14.5. The fourth-order valence-electron chi connectivity index (χ4n) is 10.1. The van der Waals surface area contributed by atoms with Crippen molar-refractivity contribution in [1.82, 2.24) is 15.0 Å². The highest BCUT2D eigenvalue weighted by molar-refractivity contribution is 6.07. The van der Waals surface area contributed by atoms with Crippen LogP contribution in [0.2, 0.25) is 0 Å². The van der Waals surface area contributed by atoms with Crippen LogP contribution in [-0.2, 0) is 5.41 Å². The molecular formula is C58H35N3O2. The zero-order valence-electron chi connectivity index (χ0n) is 33.9. The Hall–Kier alpha value is -8.41. The molecule has 294 valence electrons. The predicted octanol–water partition coefficient (Wildman–Crippen LogP) is 14.7. The van der Waals surface area contributed by atoms with Gasteiger partial charge in [0.2, 0.25) is 0 Å². The van der Waals surface area contributed by atoms with Gasteiger partial charge in [-0.2, -0.15) is 0 Å². The SMILES string of the molecule is c1ccc(-c2nc(-c3ccccc3-c3ccccc3)nc(-c3cccc4c3-c3ccccc3C4(c3ccc4oc5ccccc5c4c3)c3ccc4oc5ccccc5c4c3)n2)cc1. The molecule has 0 saturated heterocycles. The van der Waals surface area contributed by atoms with Gasteiger partial charge in [-0.25, -0.2) is 15.0 Å². The fourth-order valence-corrected chi connectivity index (χ4v) is 10.1. The maximum absolute atomic E-state index is 6.42. The standard InChI is InChI=1S/C58H35N3O2/c1-3-16-36(17-4-1)40-20-7-8-23-43(40)56-59-55(37-18-5-2-6-19-37)60-57(61-56)45-25-15-27-49-54(45)44-24-9-12-26-48(44)58(49,38-30-32-52-46(34-38)41-21-10-13-28-50(41)62-52)39-31-33-53-47(35-39)42-22-11-14-29-51(42)63-53/h1-35H. The third-order valence-corrected chi connectivity index (χ3v) is 12.8. The molecule has 3 heterocycles. The third kappa shape index (κ3) is 5.33. The van der Waals surface area contributed by atoms with Gasteiger partial charge < -0.3 is 8.83 Å². The van der Waals surface area contributed by atoms with Crippen molar-refractivity contribution in [3.8, 4) is 56.4 Å². The van der Waals surface area contributed by atoms with E-state index < -0.39 is 5.41 Å². The van der Waals surface area contributed by atoms with Crippen LogP contribution >= 0.6 is 0 Å². The van der Waals surface area contributed by atoms with Crippen LogP contribution in [0.15, 0.2) is 221 Å². The Morgan fingerprint density at radius 1 is 0.302 bits per heavy atom. The molecule has 1 aliphatic carbocycles. The number of aromatic nitrogens is 3. The molecule has 0 atom stereocenters. The van der Waals surface area contributed by atoms with E-state index in [1.165, 1.54) is 5.56 Å². The lowest BCUT2D eigenvalue weighted by atomic mass is 9.67. The minimum absolute atomic E-state index is 0.608. The first kappa shape index (κ1) is 35.4. The van der Waals surface area contributed by atoms with Gasteiger partial charge in [0.05, 0.1) is 5.41 Å². The zero-order valence-corrected chi connectivity index (χ0v) is 33.9. The second-order valence-corrected chi connectivity index (χ2v) is 16.2. The molecule has 0 spiro atoms. The van der Waals surface area contributed by atoms with Gasteiger partial charge in [-0.15, -0.1) is 0 Å². The van der Waals surface area contributed by atoms with Crippen molar-refractivity contribution in [3.63, 3.8) is 0 Å². The highest BCUT2D eigenvalue weighted by atomic mass is 16.3. The van der Waals surface area contributed by atoms with E-state index in [9.17, 15) is 0 Å². The van der Waals surface area contributed by atoms with Crippen molar-refractivity contribution in [3.05, 3.63) is 235 Å². The van der Waals surface area contributed by atoms with E-state index in [-0.39, 0.29) is 0 Å². The topological polar surface area (TPSA) is 65.0 Å². The molecule has 3 aromatic heterocycles. The van der Waals surface area contributed by atoms with Crippen LogP contribution in [0.5, 0.6) is 0 Å². The fraction of sp³-hybridized carbons (Fsp3) is 0.0172. The molecule has 0 unspecified atom stereocenters. The monoisotopic (exact) mass is 805 g/mol. The molecule has 0 radical (unpaired) electrons. The third-order valence-electron chi connectivity index (χ3n) is 12.8. The number of hydrogen-bond donors (Lipinski definition) is 0. The molecule has 9 aromatic carbocycles. The zero-order chi connectivity index (χ0) is 41.5.